The van der Waals surface area contributed by atoms with Crippen LogP contribution in [-0.4, -0.2) is 13.2 Å². The van der Waals surface area contributed by atoms with Gasteiger partial charge in [-0.05, 0) is 139 Å². The lowest BCUT2D eigenvalue weighted by atomic mass is 9.76. The summed E-state index contributed by atoms with van der Waals surface area (Å²) in [7, 11) is -3.46. The van der Waals surface area contributed by atoms with Crippen molar-refractivity contribution in [2.24, 2.45) is 0 Å². The Morgan fingerprint density at radius 1 is 0.375 bits per heavy atom. The average Bonchev–Trinajstić information content (AvgIpc) is 3.41. The average molecular weight is 1140 g/mol. The third kappa shape index (κ3) is 26.6. The smallest absolute Gasteiger partial charge is 0.418 e. The predicted octanol–water partition coefficient (Wildman–Crippen LogP) is 24.5. The van der Waals surface area contributed by atoms with Crippen LogP contribution in [0.4, 0.5) is 0 Å². The second kappa shape index (κ2) is 39.4. The first-order valence-corrected chi connectivity index (χ1v) is 34.9. The van der Waals surface area contributed by atoms with E-state index in [1.54, 1.807) is 0 Å². The molecule has 6 nitrogen and oxygen atoms in total. The molecule has 450 valence electrons. The van der Waals surface area contributed by atoms with Crippen LogP contribution in [0.15, 0.2) is 72.8 Å². The molecule has 0 bridgehead atoms. The molecule has 0 aliphatic heterocycles. The first-order chi connectivity index (χ1) is 38.6. The molecule has 0 aliphatic carbocycles. The van der Waals surface area contributed by atoms with Crippen LogP contribution in [0.3, 0.4) is 0 Å². The van der Waals surface area contributed by atoms with Gasteiger partial charge in [0.25, 0.3) is 0 Å². The highest BCUT2D eigenvalue weighted by Gasteiger charge is 2.31. The van der Waals surface area contributed by atoms with E-state index < -0.39 is 17.2 Å². The SMILES string of the molecule is CCCCCCCCCc1cccc(OP(OCCCCCCCC)Oc2cc(C)c(C(CCC)c3cc(C(C)(C)C)c(OP(OCCCCCCCC)Oc4cccc(CCCCCCCCC)c4)cc3C)cc2C(C)(C)C)c1. The Hall–Kier alpha value is -3.14. The Balaban J connectivity index is 1.66. The maximum Gasteiger partial charge on any atom is 0.463 e. The zero-order valence-electron chi connectivity index (χ0n) is 53.5. The Morgan fingerprint density at radius 3 is 1.05 bits per heavy atom. The second-order valence-electron chi connectivity index (χ2n) is 25.3. The van der Waals surface area contributed by atoms with Crippen LogP contribution in [0.1, 0.15) is 306 Å². The zero-order chi connectivity index (χ0) is 58.0. The van der Waals surface area contributed by atoms with Crippen LogP contribution in [0.2, 0.25) is 0 Å². The van der Waals surface area contributed by atoms with Gasteiger partial charge in [-0.2, -0.15) is 0 Å². The van der Waals surface area contributed by atoms with Crippen molar-refractivity contribution in [3.05, 3.63) is 117 Å². The fourth-order valence-electron chi connectivity index (χ4n) is 10.8. The number of aryl methyl sites for hydroxylation is 4. The van der Waals surface area contributed by atoms with Crippen LogP contribution in [0.5, 0.6) is 23.0 Å². The molecule has 0 heterocycles. The zero-order valence-corrected chi connectivity index (χ0v) is 55.3. The van der Waals surface area contributed by atoms with Gasteiger partial charge in [-0.25, -0.2) is 0 Å². The van der Waals surface area contributed by atoms with E-state index in [0.29, 0.717) is 13.2 Å². The normalized spacial score (nSPS) is 13.1. The molecule has 8 heteroatoms. The molecule has 4 aromatic rings. The molecule has 2 unspecified atom stereocenters. The Morgan fingerprint density at radius 2 is 0.713 bits per heavy atom. The van der Waals surface area contributed by atoms with Crippen molar-refractivity contribution in [3.8, 4) is 23.0 Å². The van der Waals surface area contributed by atoms with Crippen LogP contribution >= 0.6 is 17.2 Å². The van der Waals surface area contributed by atoms with E-state index in [2.05, 4.69) is 163 Å². The van der Waals surface area contributed by atoms with E-state index in [0.717, 1.165) is 85.5 Å². The molecule has 0 saturated heterocycles. The Bertz CT molecular complexity index is 2110. The summed E-state index contributed by atoms with van der Waals surface area (Å²) < 4.78 is 40.9. The summed E-state index contributed by atoms with van der Waals surface area (Å²) in [6, 6.07) is 26.7. The van der Waals surface area contributed by atoms with Gasteiger partial charge in [0.2, 0.25) is 0 Å². The van der Waals surface area contributed by atoms with Crippen LogP contribution < -0.4 is 18.1 Å². The summed E-state index contributed by atoms with van der Waals surface area (Å²) >= 11 is 0. The molecule has 0 aromatic heterocycles. The van der Waals surface area contributed by atoms with Crippen LogP contribution in [0, 0.1) is 13.8 Å². The second-order valence-corrected chi connectivity index (χ2v) is 27.4. The molecule has 0 aliphatic rings. The molecule has 80 heavy (non-hydrogen) atoms. The number of benzene rings is 4. The molecule has 0 fully saturated rings. The highest BCUT2D eigenvalue weighted by atomic mass is 31.2. The molecular weight excluding hydrogens is 1020 g/mol. The minimum atomic E-state index is -1.73. The first kappa shape index (κ1) is 69.4. The highest BCUT2D eigenvalue weighted by molar-refractivity contribution is 7.42. The lowest BCUT2D eigenvalue weighted by molar-refractivity contribution is 0.256. The molecule has 0 amide bonds. The molecule has 0 saturated carbocycles. The van der Waals surface area contributed by atoms with Gasteiger partial charge in [-0.15, -0.1) is 0 Å². The minimum Gasteiger partial charge on any atom is -0.418 e. The largest absolute Gasteiger partial charge is 0.463 e. The number of hydrogen-bond acceptors (Lipinski definition) is 6. The summed E-state index contributed by atoms with van der Waals surface area (Å²) in [5, 5.41) is 0. The maximum atomic E-state index is 7.05. The van der Waals surface area contributed by atoms with E-state index in [1.807, 2.05) is 0 Å². The molecule has 0 radical (unpaired) electrons. The third-order valence-corrected chi connectivity index (χ3v) is 17.9. The van der Waals surface area contributed by atoms with Crippen molar-refractivity contribution in [1.29, 1.82) is 0 Å². The Kier molecular flexibility index (Phi) is 34.2. The van der Waals surface area contributed by atoms with Crippen molar-refractivity contribution in [2.75, 3.05) is 13.2 Å². The molecule has 4 aromatic carbocycles. The summed E-state index contributed by atoms with van der Waals surface area (Å²) in [5.74, 6) is 3.48. The van der Waals surface area contributed by atoms with Gasteiger partial charge in [0.15, 0.2) is 0 Å². The van der Waals surface area contributed by atoms with Crippen molar-refractivity contribution in [2.45, 2.75) is 299 Å². The van der Waals surface area contributed by atoms with Gasteiger partial charge in [-0.3, -0.25) is 9.05 Å². The van der Waals surface area contributed by atoms with Crippen molar-refractivity contribution >= 4 is 17.2 Å². The lowest BCUT2D eigenvalue weighted by Crippen LogP contribution is -2.17. The summed E-state index contributed by atoms with van der Waals surface area (Å²) in [6.07, 6.45) is 36.8. The van der Waals surface area contributed by atoms with Crippen LogP contribution in [-0.2, 0) is 32.7 Å². The van der Waals surface area contributed by atoms with E-state index in [-0.39, 0.29) is 16.7 Å². The van der Waals surface area contributed by atoms with E-state index in [4.69, 9.17) is 27.1 Å². The Labute approximate surface area is 494 Å². The topological polar surface area (TPSA) is 55.4 Å². The predicted molar refractivity (Wildman–Crippen MR) is 348 cm³/mol. The third-order valence-electron chi connectivity index (χ3n) is 15.7. The fraction of sp³-hybridized carbons (Fsp3) is 0.667. The van der Waals surface area contributed by atoms with Gasteiger partial charge in [0.05, 0.1) is 13.2 Å². The molecular formula is C72H116O6P2. The van der Waals surface area contributed by atoms with E-state index >= 15 is 0 Å². The number of unbranched alkanes of at least 4 members (excludes halogenated alkanes) is 22. The highest BCUT2D eigenvalue weighted by Crippen LogP contribution is 2.50. The first-order valence-electron chi connectivity index (χ1n) is 32.7. The fourth-order valence-corrected chi connectivity index (χ4v) is 12.9. The minimum absolute atomic E-state index is 0.159. The number of rotatable bonds is 44. The van der Waals surface area contributed by atoms with E-state index in [1.165, 1.54) is 175 Å². The van der Waals surface area contributed by atoms with Crippen molar-refractivity contribution in [1.82, 2.24) is 0 Å². The maximum absolute atomic E-state index is 7.05. The van der Waals surface area contributed by atoms with Gasteiger partial charge in [0.1, 0.15) is 23.0 Å². The lowest BCUT2D eigenvalue weighted by Gasteiger charge is -2.31. The van der Waals surface area contributed by atoms with E-state index in [9.17, 15) is 0 Å². The standard InChI is InChI=1S/C72H116O6P2/c1-14-19-23-27-31-33-37-44-60-46-41-48-62(54-60)75-79(73-50-39-35-29-25-21-16-3)77-69-52-58(6)65(56-67(69)71(8,9)10)64(43-18-5)66-57-68(72(11,12)13)70(53-59(66)7)78-80(74-51-40-36-30-26-22-17-4)76-63-49-42-47-61(55-63)45-38-34-32-28-24-20-15-2/h41-42,46-49,52-57,64H,14-40,43-45,50-51H2,1-13H3. The molecule has 4 rings (SSSR count). The summed E-state index contributed by atoms with van der Waals surface area (Å²) in [6.45, 7) is 31.0. The van der Waals surface area contributed by atoms with Gasteiger partial charge in [-0.1, -0.05) is 260 Å². The monoisotopic (exact) mass is 1140 g/mol. The van der Waals surface area contributed by atoms with Crippen molar-refractivity contribution < 1.29 is 27.1 Å². The van der Waals surface area contributed by atoms with Gasteiger partial charge >= 0.3 is 17.2 Å². The molecule has 2 atom stereocenters. The van der Waals surface area contributed by atoms with Crippen LogP contribution in [0.25, 0.3) is 0 Å². The van der Waals surface area contributed by atoms with Gasteiger partial charge in [0, 0.05) is 17.0 Å². The molecule has 0 N–H and O–H groups in total. The van der Waals surface area contributed by atoms with Gasteiger partial charge < -0.3 is 18.1 Å². The quantitative estimate of drug-likeness (QED) is 0.0325. The summed E-state index contributed by atoms with van der Waals surface area (Å²) in [5.41, 5.74) is 9.61. The number of hydrogen-bond donors (Lipinski definition) is 0. The summed E-state index contributed by atoms with van der Waals surface area (Å²) in [4.78, 5) is 0. The molecule has 0 spiro atoms. The van der Waals surface area contributed by atoms with Crippen molar-refractivity contribution in [3.63, 3.8) is 0 Å².